The number of carbonyl (C=O) groups is 1. The van der Waals surface area contributed by atoms with Crippen molar-refractivity contribution in [2.75, 3.05) is 0 Å². The molecule has 3 heterocycles. The van der Waals surface area contributed by atoms with Crippen LogP contribution in [0.4, 0.5) is 0 Å². The standard InChI is InChI=1S/C21H15BrN4O2S/c22-17-7-5-15(6-8-17)13-24-25-21-26(14-18-4-2-10-28-18)20(27)19(29-21)11-16-3-1-9-23-12-16/h1-13H,14H2/b19-11-,24-13+,25-21-. The molecule has 29 heavy (non-hydrogen) atoms. The molecule has 1 fully saturated rings. The first-order chi connectivity index (χ1) is 14.2. The van der Waals surface area contributed by atoms with Crippen LogP contribution >= 0.6 is 27.7 Å². The number of furan rings is 1. The average molecular weight is 467 g/mol. The van der Waals surface area contributed by atoms with Gasteiger partial charge in [-0.2, -0.15) is 5.10 Å². The summed E-state index contributed by atoms with van der Waals surface area (Å²) >= 11 is 4.68. The van der Waals surface area contributed by atoms with E-state index >= 15 is 0 Å². The second kappa shape index (κ2) is 9.02. The molecule has 0 radical (unpaired) electrons. The number of nitrogens with zero attached hydrogens (tertiary/aromatic N) is 4. The Morgan fingerprint density at radius 3 is 2.72 bits per heavy atom. The maximum Gasteiger partial charge on any atom is 0.267 e. The number of aromatic nitrogens is 1. The fraction of sp³-hybridized carbons (Fsp3) is 0.0476. The number of hydrogen-bond acceptors (Lipinski definition) is 6. The van der Waals surface area contributed by atoms with Gasteiger partial charge in [0.1, 0.15) is 5.76 Å². The summed E-state index contributed by atoms with van der Waals surface area (Å²) in [5.74, 6) is 0.527. The summed E-state index contributed by atoms with van der Waals surface area (Å²) in [5, 5.41) is 8.96. The Labute approximate surface area is 180 Å². The fourth-order valence-corrected chi connectivity index (χ4v) is 3.79. The van der Waals surface area contributed by atoms with Crippen LogP contribution in [0.5, 0.6) is 0 Å². The molecule has 1 aliphatic rings. The lowest BCUT2D eigenvalue weighted by molar-refractivity contribution is -0.122. The summed E-state index contributed by atoms with van der Waals surface area (Å²) in [6.45, 7) is 0.288. The quantitative estimate of drug-likeness (QED) is 0.303. The van der Waals surface area contributed by atoms with Crippen molar-refractivity contribution in [3.63, 3.8) is 0 Å². The number of rotatable bonds is 5. The predicted octanol–water partition coefficient (Wildman–Crippen LogP) is 4.94. The number of hydrogen-bond donors (Lipinski definition) is 0. The molecule has 3 aromatic rings. The first-order valence-electron chi connectivity index (χ1n) is 8.69. The number of benzene rings is 1. The van der Waals surface area contributed by atoms with Crippen molar-refractivity contribution >= 4 is 51.1 Å². The van der Waals surface area contributed by atoms with Crippen LogP contribution in [-0.4, -0.2) is 27.2 Å². The molecule has 0 spiro atoms. The molecule has 0 aliphatic carbocycles. The Bertz CT molecular complexity index is 1080. The maximum absolute atomic E-state index is 13.0. The van der Waals surface area contributed by atoms with E-state index in [1.807, 2.05) is 42.5 Å². The summed E-state index contributed by atoms with van der Waals surface area (Å²) in [7, 11) is 0. The van der Waals surface area contributed by atoms with E-state index in [1.165, 1.54) is 11.8 Å². The zero-order valence-corrected chi connectivity index (χ0v) is 17.5. The van der Waals surface area contributed by atoms with Gasteiger partial charge in [0.05, 0.1) is 23.9 Å². The zero-order valence-electron chi connectivity index (χ0n) is 15.1. The highest BCUT2D eigenvalue weighted by Gasteiger charge is 2.34. The maximum atomic E-state index is 13.0. The van der Waals surface area contributed by atoms with E-state index < -0.39 is 0 Å². The van der Waals surface area contributed by atoms with Gasteiger partial charge in [-0.1, -0.05) is 34.1 Å². The van der Waals surface area contributed by atoms with E-state index in [0.29, 0.717) is 15.8 Å². The van der Waals surface area contributed by atoms with Gasteiger partial charge in [-0.25, -0.2) is 0 Å². The largest absolute Gasteiger partial charge is 0.467 e. The molecule has 8 heteroatoms. The van der Waals surface area contributed by atoms with Gasteiger partial charge in [0.15, 0.2) is 5.17 Å². The van der Waals surface area contributed by atoms with Crippen molar-refractivity contribution in [3.05, 3.63) is 93.5 Å². The normalized spacial score (nSPS) is 17.1. The number of thioether (sulfide) groups is 1. The highest BCUT2D eigenvalue weighted by atomic mass is 79.9. The van der Waals surface area contributed by atoms with Crippen molar-refractivity contribution < 1.29 is 9.21 Å². The molecule has 0 unspecified atom stereocenters. The first-order valence-corrected chi connectivity index (χ1v) is 10.3. The third-order valence-corrected chi connectivity index (χ3v) is 5.51. The van der Waals surface area contributed by atoms with Crippen molar-refractivity contribution in [1.29, 1.82) is 0 Å². The van der Waals surface area contributed by atoms with E-state index in [9.17, 15) is 4.79 Å². The predicted molar refractivity (Wildman–Crippen MR) is 118 cm³/mol. The van der Waals surface area contributed by atoms with Crippen LogP contribution in [0.3, 0.4) is 0 Å². The summed E-state index contributed by atoms with van der Waals surface area (Å²) in [6, 6.07) is 15.0. The minimum atomic E-state index is -0.146. The SMILES string of the molecule is O=C1/C(=C/c2cccnc2)S/C(=N\N=C\c2ccc(Br)cc2)N1Cc1ccco1. The van der Waals surface area contributed by atoms with E-state index in [4.69, 9.17) is 4.42 Å². The van der Waals surface area contributed by atoms with Gasteiger partial charge < -0.3 is 4.42 Å². The Morgan fingerprint density at radius 1 is 1.14 bits per heavy atom. The zero-order chi connectivity index (χ0) is 20.1. The molecular weight excluding hydrogens is 452 g/mol. The molecule has 144 valence electrons. The lowest BCUT2D eigenvalue weighted by atomic mass is 10.2. The number of halogens is 1. The van der Waals surface area contributed by atoms with Gasteiger partial charge in [0.2, 0.25) is 0 Å². The van der Waals surface area contributed by atoms with Gasteiger partial charge in [0.25, 0.3) is 5.91 Å². The molecule has 1 aromatic carbocycles. The van der Waals surface area contributed by atoms with E-state index in [0.717, 1.165) is 15.6 Å². The third kappa shape index (κ3) is 4.90. The Hall–Kier alpha value is -2.97. The summed E-state index contributed by atoms with van der Waals surface area (Å²) in [5.41, 5.74) is 1.76. The minimum Gasteiger partial charge on any atom is -0.467 e. The van der Waals surface area contributed by atoms with Crippen molar-refractivity contribution in [2.24, 2.45) is 10.2 Å². The minimum absolute atomic E-state index is 0.146. The lowest BCUT2D eigenvalue weighted by Gasteiger charge is -2.12. The van der Waals surface area contributed by atoms with Crippen LogP contribution in [0.15, 0.2) is 91.2 Å². The Morgan fingerprint density at radius 2 is 2.00 bits per heavy atom. The van der Waals surface area contributed by atoms with Gasteiger partial charge in [0, 0.05) is 16.9 Å². The van der Waals surface area contributed by atoms with Crippen LogP contribution in [0.25, 0.3) is 6.08 Å². The second-order valence-electron chi connectivity index (χ2n) is 6.05. The molecule has 0 N–H and O–H groups in total. The molecule has 6 nitrogen and oxygen atoms in total. The van der Waals surface area contributed by atoms with Crippen molar-refractivity contribution in [3.8, 4) is 0 Å². The van der Waals surface area contributed by atoms with Crippen LogP contribution in [-0.2, 0) is 11.3 Å². The van der Waals surface area contributed by atoms with Crippen LogP contribution in [0, 0.1) is 0 Å². The van der Waals surface area contributed by atoms with Gasteiger partial charge >= 0.3 is 0 Å². The molecule has 0 bridgehead atoms. The number of amidine groups is 1. The van der Waals surface area contributed by atoms with Crippen LogP contribution in [0.2, 0.25) is 0 Å². The number of amides is 1. The van der Waals surface area contributed by atoms with Crippen molar-refractivity contribution in [1.82, 2.24) is 9.88 Å². The molecule has 1 saturated heterocycles. The highest BCUT2D eigenvalue weighted by molar-refractivity contribution is 9.10. The molecule has 1 aliphatic heterocycles. The smallest absolute Gasteiger partial charge is 0.267 e. The second-order valence-corrected chi connectivity index (χ2v) is 7.97. The van der Waals surface area contributed by atoms with Crippen LogP contribution < -0.4 is 0 Å². The Balaban J connectivity index is 1.60. The number of carbonyl (C=O) groups excluding carboxylic acids is 1. The third-order valence-electron chi connectivity index (χ3n) is 3.98. The summed E-state index contributed by atoms with van der Waals surface area (Å²) in [4.78, 5) is 19.2. The fourth-order valence-electron chi connectivity index (χ4n) is 2.59. The highest BCUT2D eigenvalue weighted by Crippen LogP contribution is 2.33. The van der Waals surface area contributed by atoms with E-state index in [1.54, 1.807) is 41.9 Å². The van der Waals surface area contributed by atoms with E-state index in [2.05, 4.69) is 31.1 Å². The molecule has 0 atom stereocenters. The van der Waals surface area contributed by atoms with Crippen LogP contribution in [0.1, 0.15) is 16.9 Å². The lowest BCUT2D eigenvalue weighted by Crippen LogP contribution is -2.28. The summed E-state index contributed by atoms with van der Waals surface area (Å²) < 4.78 is 6.39. The molecule has 4 rings (SSSR count). The molecule has 0 saturated carbocycles. The Kier molecular flexibility index (Phi) is 6.02. The van der Waals surface area contributed by atoms with E-state index in [-0.39, 0.29) is 12.5 Å². The summed E-state index contributed by atoms with van der Waals surface area (Å²) in [6.07, 6.45) is 8.43. The molecule has 1 amide bonds. The monoisotopic (exact) mass is 466 g/mol. The molecule has 2 aromatic heterocycles. The average Bonchev–Trinajstić information content (AvgIpc) is 3.35. The van der Waals surface area contributed by atoms with Crippen molar-refractivity contribution in [2.45, 2.75) is 6.54 Å². The molecular formula is C21H15BrN4O2S. The topological polar surface area (TPSA) is 71.1 Å². The first kappa shape index (κ1) is 19.4. The van der Waals surface area contributed by atoms with Gasteiger partial charge in [-0.05, 0) is 59.3 Å². The van der Waals surface area contributed by atoms with Gasteiger partial charge in [-0.15, -0.1) is 5.10 Å². The van der Waals surface area contributed by atoms with Gasteiger partial charge in [-0.3, -0.25) is 14.7 Å². The number of pyridine rings is 1.